The van der Waals surface area contributed by atoms with Crippen LogP contribution in [-0.2, 0) is 16.6 Å². The van der Waals surface area contributed by atoms with Gasteiger partial charge in [-0.15, -0.1) is 0 Å². The summed E-state index contributed by atoms with van der Waals surface area (Å²) in [5.74, 6) is 0.466. The third kappa shape index (κ3) is 4.44. The maximum atomic E-state index is 12.1. The summed E-state index contributed by atoms with van der Waals surface area (Å²) in [6.07, 6.45) is 2.35. The number of rotatable bonds is 7. The molecule has 1 heterocycles. The Morgan fingerprint density at radius 1 is 1.33 bits per heavy atom. The second-order valence-electron chi connectivity index (χ2n) is 5.04. The summed E-state index contributed by atoms with van der Waals surface area (Å²) in [6, 6.07) is 1.60. The van der Waals surface area contributed by atoms with Crippen LogP contribution in [0.15, 0.2) is 17.2 Å². The van der Waals surface area contributed by atoms with E-state index in [9.17, 15) is 8.42 Å². The molecular weight excluding hydrogens is 250 g/mol. The smallest absolute Gasteiger partial charge is 0.242 e. The number of aromatic nitrogens is 1. The van der Waals surface area contributed by atoms with Crippen molar-refractivity contribution in [3.8, 4) is 0 Å². The van der Waals surface area contributed by atoms with E-state index in [1.165, 1.54) is 6.20 Å². The molecule has 18 heavy (non-hydrogen) atoms. The highest BCUT2D eigenvalue weighted by Crippen LogP contribution is 2.13. The summed E-state index contributed by atoms with van der Waals surface area (Å²) >= 11 is 0. The first-order valence-corrected chi connectivity index (χ1v) is 7.67. The van der Waals surface area contributed by atoms with E-state index < -0.39 is 10.0 Å². The number of sulfonamides is 1. The molecule has 3 N–H and O–H groups in total. The van der Waals surface area contributed by atoms with E-state index >= 15 is 0 Å². The van der Waals surface area contributed by atoms with Gasteiger partial charge in [0.2, 0.25) is 10.0 Å². The predicted octanol–water partition coefficient (Wildman–Crippen LogP) is 1.45. The van der Waals surface area contributed by atoms with Crippen LogP contribution in [0, 0.1) is 5.92 Å². The average Bonchev–Trinajstić information content (AvgIpc) is 2.65. The summed E-state index contributed by atoms with van der Waals surface area (Å²) in [7, 11) is -1.59. The SMILES string of the molecule is CNCc1cc(S(=O)(=O)NC(C)CC(C)C)c[nH]1. The first-order valence-electron chi connectivity index (χ1n) is 6.19. The van der Waals surface area contributed by atoms with Crippen molar-refractivity contribution in [2.45, 2.75) is 44.7 Å². The van der Waals surface area contributed by atoms with Crippen LogP contribution in [0.1, 0.15) is 32.9 Å². The maximum absolute atomic E-state index is 12.1. The van der Waals surface area contributed by atoms with Crippen LogP contribution in [0.4, 0.5) is 0 Å². The Morgan fingerprint density at radius 3 is 2.56 bits per heavy atom. The monoisotopic (exact) mass is 273 g/mol. The lowest BCUT2D eigenvalue weighted by molar-refractivity contribution is 0.482. The molecule has 0 aliphatic carbocycles. The maximum Gasteiger partial charge on any atom is 0.242 e. The molecule has 0 saturated carbocycles. The van der Waals surface area contributed by atoms with Crippen LogP contribution in [0.2, 0.25) is 0 Å². The minimum Gasteiger partial charge on any atom is -0.363 e. The highest BCUT2D eigenvalue weighted by molar-refractivity contribution is 7.89. The summed E-state index contributed by atoms with van der Waals surface area (Å²) in [5, 5.41) is 2.97. The third-order valence-electron chi connectivity index (χ3n) is 2.58. The zero-order valence-corrected chi connectivity index (χ0v) is 12.3. The fraction of sp³-hybridized carbons (Fsp3) is 0.667. The molecular formula is C12H23N3O2S. The molecule has 0 fully saturated rings. The fourth-order valence-corrected chi connectivity index (χ4v) is 3.23. The lowest BCUT2D eigenvalue weighted by atomic mass is 10.1. The molecule has 0 aliphatic rings. The largest absolute Gasteiger partial charge is 0.363 e. The molecule has 1 atom stereocenters. The summed E-state index contributed by atoms with van der Waals surface area (Å²) in [5.41, 5.74) is 0.856. The van der Waals surface area contributed by atoms with Gasteiger partial charge in [0.05, 0.1) is 4.90 Å². The summed E-state index contributed by atoms with van der Waals surface area (Å²) < 4.78 is 26.9. The average molecular weight is 273 g/mol. The lowest BCUT2D eigenvalue weighted by Crippen LogP contribution is -2.33. The first-order chi connectivity index (χ1) is 8.35. The minimum atomic E-state index is -3.41. The topological polar surface area (TPSA) is 74.0 Å². The molecule has 6 heteroatoms. The summed E-state index contributed by atoms with van der Waals surface area (Å²) in [4.78, 5) is 3.24. The van der Waals surface area contributed by atoms with Crippen molar-refractivity contribution in [3.05, 3.63) is 18.0 Å². The van der Waals surface area contributed by atoms with Gasteiger partial charge in [-0.25, -0.2) is 13.1 Å². The minimum absolute atomic E-state index is 0.0577. The first kappa shape index (κ1) is 15.2. The molecule has 0 saturated heterocycles. The van der Waals surface area contributed by atoms with Gasteiger partial charge in [-0.05, 0) is 32.4 Å². The standard InChI is InChI=1S/C12H23N3O2S/c1-9(2)5-10(3)15-18(16,17)12-6-11(7-13-4)14-8-12/h6,8-10,13-15H,5,7H2,1-4H3. The summed E-state index contributed by atoms with van der Waals surface area (Å²) in [6.45, 7) is 6.66. The van der Waals surface area contributed by atoms with E-state index in [0.29, 0.717) is 17.4 Å². The third-order valence-corrected chi connectivity index (χ3v) is 4.14. The van der Waals surface area contributed by atoms with Crippen molar-refractivity contribution in [2.75, 3.05) is 7.05 Å². The fourth-order valence-electron chi connectivity index (χ4n) is 1.95. The van der Waals surface area contributed by atoms with Gasteiger partial charge in [0.1, 0.15) is 0 Å². The van der Waals surface area contributed by atoms with Gasteiger partial charge >= 0.3 is 0 Å². The molecule has 104 valence electrons. The van der Waals surface area contributed by atoms with Crippen molar-refractivity contribution < 1.29 is 8.42 Å². The Balaban J connectivity index is 2.73. The zero-order chi connectivity index (χ0) is 13.8. The molecule has 1 unspecified atom stereocenters. The van der Waals surface area contributed by atoms with Crippen molar-refractivity contribution >= 4 is 10.0 Å². The number of aromatic amines is 1. The molecule has 5 nitrogen and oxygen atoms in total. The van der Waals surface area contributed by atoms with E-state index in [0.717, 1.165) is 12.1 Å². The van der Waals surface area contributed by atoms with Crippen molar-refractivity contribution in [1.82, 2.24) is 15.0 Å². The van der Waals surface area contributed by atoms with Gasteiger partial charge in [-0.2, -0.15) is 0 Å². The molecule has 1 rings (SSSR count). The van der Waals surface area contributed by atoms with Crippen LogP contribution in [0.25, 0.3) is 0 Å². The van der Waals surface area contributed by atoms with Gasteiger partial charge < -0.3 is 10.3 Å². The Bertz CT molecular complexity index is 465. The predicted molar refractivity (Wildman–Crippen MR) is 72.8 cm³/mol. The van der Waals surface area contributed by atoms with Crippen LogP contribution in [-0.4, -0.2) is 26.5 Å². The van der Waals surface area contributed by atoms with E-state index in [2.05, 4.69) is 28.9 Å². The second-order valence-corrected chi connectivity index (χ2v) is 6.76. The molecule has 0 radical (unpaired) electrons. The Kier molecular flexibility index (Phi) is 5.37. The van der Waals surface area contributed by atoms with Crippen molar-refractivity contribution in [2.24, 2.45) is 5.92 Å². The Labute approximate surface area is 109 Å². The van der Waals surface area contributed by atoms with E-state index in [1.807, 2.05) is 14.0 Å². The van der Waals surface area contributed by atoms with E-state index in [1.54, 1.807) is 6.07 Å². The molecule has 0 amide bonds. The van der Waals surface area contributed by atoms with Crippen molar-refractivity contribution in [1.29, 1.82) is 0 Å². The molecule has 0 bridgehead atoms. The lowest BCUT2D eigenvalue weighted by Gasteiger charge is -2.15. The number of nitrogens with one attached hydrogen (secondary N) is 3. The van der Waals surface area contributed by atoms with Gasteiger partial charge in [-0.3, -0.25) is 0 Å². The number of hydrogen-bond acceptors (Lipinski definition) is 3. The van der Waals surface area contributed by atoms with E-state index in [4.69, 9.17) is 0 Å². The zero-order valence-electron chi connectivity index (χ0n) is 11.4. The van der Waals surface area contributed by atoms with Crippen LogP contribution < -0.4 is 10.0 Å². The van der Waals surface area contributed by atoms with Gasteiger partial charge in [0.25, 0.3) is 0 Å². The van der Waals surface area contributed by atoms with Gasteiger partial charge in [-0.1, -0.05) is 13.8 Å². The highest BCUT2D eigenvalue weighted by atomic mass is 32.2. The van der Waals surface area contributed by atoms with Crippen molar-refractivity contribution in [3.63, 3.8) is 0 Å². The normalized spacial score (nSPS) is 14.1. The molecule has 1 aromatic rings. The quantitative estimate of drug-likeness (QED) is 0.704. The molecule has 0 aliphatic heterocycles. The van der Waals surface area contributed by atoms with E-state index in [-0.39, 0.29) is 6.04 Å². The van der Waals surface area contributed by atoms with Gasteiger partial charge in [0.15, 0.2) is 0 Å². The number of H-pyrrole nitrogens is 1. The molecule has 0 spiro atoms. The second kappa shape index (κ2) is 6.36. The molecule has 0 aromatic carbocycles. The Hall–Kier alpha value is -0.850. The van der Waals surface area contributed by atoms with Crippen LogP contribution in [0.3, 0.4) is 0 Å². The Morgan fingerprint density at radius 2 is 2.00 bits per heavy atom. The molecule has 1 aromatic heterocycles. The van der Waals surface area contributed by atoms with Crippen LogP contribution >= 0.6 is 0 Å². The highest BCUT2D eigenvalue weighted by Gasteiger charge is 2.19. The number of hydrogen-bond donors (Lipinski definition) is 3. The van der Waals surface area contributed by atoms with Crippen LogP contribution in [0.5, 0.6) is 0 Å². The van der Waals surface area contributed by atoms with Gasteiger partial charge in [0, 0.05) is 24.5 Å².